The lowest BCUT2D eigenvalue weighted by Crippen LogP contribution is -2.31. The fourth-order valence-electron chi connectivity index (χ4n) is 3.46. The molecule has 3 aromatic rings. The molecule has 0 aliphatic carbocycles. The molecule has 1 N–H and O–H groups in total. The van der Waals surface area contributed by atoms with Crippen LogP contribution in [0.15, 0.2) is 53.7 Å². The van der Waals surface area contributed by atoms with Crippen molar-refractivity contribution in [2.24, 2.45) is 0 Å². The Balaban J connectivity index is 1.64. The maximum atomic E-state index is 12.9. The number of rotatable bonds is 9. The van der Waals surface area contributed by atoms with Crippen LogP contribution in [0.4, 0.5) is 0 Å². The van der Waals surface area contributed by atoms with Gasteiger partial charge in [-0.05, 0) is 43.2 Å². The number of nitrogens with zero attached hydrogens (tertiary/aromatic N) is 3. The summed E-state index contributed by atoms with van der Waals surface area (Å²) in [5.74, 6) is -0.276. The normalized spacial score (nSPS) is 11.9. The number of amides is 1. The minimum Gasteiger partial charge on any atom is -0.352 e. The molecule has 3 rings (SSSR count). The van der Waals surface area contributed by atoms with Gasteiger partial charge in [0.05, 0.1) is 22.3 Å². The lowest BCUT2D eigenvalue weighted by molar-refractivity contribution is 0.0952. The van der Waals surface area contributed by atoms with Crippen LogP contribution in [0.5, 0.6) is 0 Å². The van der Waals surface area contributed by atoms with E-state index < -0.39 is 10.0 Å². The van der Waals surface area contributed by atoms with Crippen LogP contribution in [0, 0.1) is 6.92 Å². The number of carbonyl (C=O) groups is 1. The molecule has 160 valence electrons. The van der Waals surface area contributed by atoms with Crippen molar-refractivity contribution in [1.82, 2.24) is 19.2 Å². The van der Waals surface area contributed by atoms with Crippen molar-refractivity contribution in [2.75, 3.05) is 19.6 Å². The number of carbonyl (C=O) groups excluding carboxylic acids is 1. The molecule has 1 aromatic heterocycles. The standard InChI is InChI=1S/C22H28N4O3S/c1-4-26(5-2)30(28,29)21-15-18(12-11-17(21)3)22(27)23-13-8-14-25-16-24-19-9-6-7-10-20(19)25/h6-7,9-12,15-16H,4-5,8,13-14H2,1-3H3,(H,23,27). The van der Waals surface area contributed by atoms with Crippen LogP contribution in [0.2, 0.25) is 0 Å². The van der Waals surface area contributed by atoms with Crippen molar-refractivity contribution in [1.29, 1.82) is 0 Å². The average Bonchev–Trinajstić information content (AvgIpc) is 3.15. The number of aryl methyl sites for hydroxylation is 2. The minimum absolute atomic E-state index is 0.184. The van der Waals surface area contributed by atoms with E-state index in [1.54, 1.807) is 39.2 Å². The van der Waals surface area contributed by atoms with E-state index in [1.807, 2.05) is 24.3 Å². The number of hydrogen-bond acceptors (Lipinski definition) is 4. The van der Waals surface area contributed by atoms with E-state index in [0.717, 1.165) is 24.0 Å². The molecule has 2 aromatic carbocycles. The number of aromatic nitrogens is 2. The van der Waals surface area contributed by atoms with E-state index in [9.17, 15) is 13.2 Å². The summed E-state index contributed by atoms with van der Waals surface area (Å²) in [5, 5.41) is 2.88. The molecular weight excluding hydrogens is 400 g/mol. The molecule has 0 aliphatic rings. The van der Waals surface area contributed by atoms with Gasteiger partial charge in [-0.3, -0.25) is 4.79 Å². The first-order chi connectivity index (χ1) is 14.4. The molecule has 8 heteroatoms. The van der Waals surface area contributed by atoms with Gasteiger partial charge in [0.1, 0.15) is 0 Å². The Bertz CT molecular complexity index is 1130. The van der Waals surface area contributed by atoms with E-state index >= 15 is 0 Å². The molecule has 0 saturated heterocycles. The van der Waals surface area contributed by atoms with Crippen LogP contribution in [0.3, 0.4) is 0 Å². The highest BCUT2D eigenvalue weighted by Crippen LogP contribution is 2.21. The molecule has 0 radical (unpaired) electrons. The Morgan fingerprint density at radius 1 is 1.13 bits per heavy atom. The van der Waals surface area contributed by atoms with Crippen molar-refractivity contribution >= 4 is 27.0 Å². The second-order valence-electron chi connectivity index (χ2n) is 7.11. The summed E-state index contributed by atoms with van der Waals surface area (Å²) in [6.07, 6.45) is 2.54. The Hall–Kier alpha value is -2.71. The molecule has 0 spiro atoms. The fraction of sp³-hybridized carbons (Fsp3) is 0.364. The summed E-state index contributed by atoms with van der Waals surface area (Å²) in [4.78, 5) is 17.1. The monoisotopic (exact) mass is 428 g/mol. The van der Waals surface area contributed by atoms with E-state index in [1.165, 1.54) is 10.4 Å². The molecule has 30 heavy (non-hydrogen) atoms. The topological polar surface area (TPSA) is 84.3 Å². The Labute approximate surface area is 177 Å². The maximum absolute atomic E-state index is 12.9. The summed E-state index contributed by atoms with van der Waals surface area (Å²) >= 11 is 0. The van der Waals surface area contributed by atoms with Crippen LogP contribution >= 0.6 is 0 Å². The van der Waals surface area contributed by atoms with Gasteiger partial charge in [-0.2, -0.15) is 4.31 Å². The van der Waals surface area contributed by atoms with Gasteiger partial charge in [0.15, 0.2) is 0 Å². The highest BCUT2D eigenvalue weighted by molar-refractivity contribution is 7.89. The molecule has 0 atom stereocenters. The second kappa shape index (κ2) is 9.40. The molecule has 0 fully saturated rings. The van der Waals surface area contributed by atoms with Gasteiger partial charge in [0.25, 0.3) is 5.91 Å². The first-order valence-corrected chi connectivity index (χ1v) is 11.6. The number of sulfonamides is 1. The summed E-state index contributed by atoms with van der Waals surface area (Å²) in [5.41, 5.74) is 2.99. The minimum atomic E-state index is -3.62. The summed E-state index contributed by atoms with van der Waals surface area (Å²) < 4.78 is 29.2. The Kier molecular flexibility index (Phi) is 6.89. The number of nitrogens with one attached hydrogen (secondary N) is 1. The van der Waals surface area contributed by atoms with Crippen molar-refractivity contribution in [2.45, 2.75) is 38.6 Å². The van der Waals surface area contributed by atoms with Gasteiger partial charge in [-0.25, -0.2) is 13.4 Å². The molecule has 0 bridgehead atoms. The summed E-state index contributed by atoms with van der Waals surface area (Å²) in [7, 11) is -3.62. The molecule has 1 amide bonds. The van der Waals surface area contributed by atoms with Gasteiger partial charge in [-0.1, -0.05) is 32.0 Å². The van der Waals surface area contributed by atoms with Gasteiger partial charge in [0.2, 0.25) is 10.0 Å². The predicted octanol–water partition coefficient (Wildman–Crippen LogP) is 3.20. The van der Waals surface area contributed by atoms with Crippen LogP contribution in [0.25, 0.3) is 11.0 Å². The zero-order valence-electron chi connectivity index (χ0n) is 17.6. The molecule has 7 nitrogen and oxygen atoms in total. The van der Waals surface area contributed by atoms with Crippen molar-refractivity contribution in [3.05, 3.63) is 59.9 Å². The Morgan fingerprint density at radius 2 is 1.87 bits per heavy atom. The summed E-state index contributed by atoms with van der Waals surface area (Å²) in [6, 6.07) is 12.7. The predicted molar refractivity (Wildman–Crippen MR) is 118 cm³/mol. The van der Waals surface area contributed by atoms with Crippen LogP contribution < -0.4 is 5.32 Å². The van der Waals surface area contributed by atoms with Crippen molar-refractivity contribution in [3.8, 4) is 0 Å². The zero-order chi connectivity index (χ0) is 21.7. The lowest BCUT2D eigenvalue weighted by Gasteiger charge is -2.20. The van der Waals surface area contributed by atoms with Gasteiger partial charge >= 0.3 is 0 Å². The Morgan fingerprint density at radius 3 is 2.60 bits per heavy atom. The van der Waals surface area contributed by atoms with Crippen LogP contribution in [-0.2, 0) is 16.6 Å². The fourth-order valence-corrected chi connectivity index (χ4v) is 5.17. The third-order valence-corrected chi connectivity index (χ3v) is 7.35. The van der Waals surface area contributed by atoms with Crippen LogP contribution in [0.1, 0.15) is 36.2 Å². The smallest absolute Gasteiger partial charge is 0.251 e. The third kappa shape index (κ3) is 4.55. The largest absolute Gasteiger partial charge is 0.352 e. The van der Waals surface area contributed by atoms with Gasteiger partial charge in [0, 0.05) is 31.7 Å². The highest BCUT2D eigenvalue weighted by Gasteiger charge is 2.24. The van der Waals surface area contributed by atoms with Gasteiger partial charge < -0.3 is 9.88 Å². The van der Waals surface area contributed by atoms with E-state index in [0.29, 0.717) is 30.8 Å². The van der Waals surface area contributed by atoms with E-state index in [4.69, 9.17) is 0 Å². The molecule has 0 aliphatic heterocycles. The number of fused-ring (bicyclic) bond motifs is 1. The van der Waals surface area contributed by atoms with E-state index in [2.05, 4.69) is 14.9 Å². The molecule has 0 saturated carbocycles. The lowest BCUT2D eigenvalue weighted by atomic mass is 10.1. The number of hydrogen-bond donors (Lipinski definition) is 1. The number of para-hydroxylation sites is 2. The quantitative estimate of drug-likeness (QED) is 0.531. The second-order valence-corrected chi connectivity index (χ2v) is 9.01. The van der Waals surface area contributed by atoms with E-state index in [-0.39, 0.29) is 10.8 Å². The number of imidazole rings is 1. The maximum Gasteiger partial charge on any atom is 0.251 e. The average molecular weight is 429 g/mol. The molecule has 0 unspecified atom stereocenters. The highest BCUT2D eigenvalue weighted by atomic mass is 32.2. The first kappa shape index (κ1) is 22.0. The number of benzene rings is 2. The summed E-state index contributed by atoms with van der Waals surface area (Å²) in [6.45, 7) is 7.34. The zero-order valence-corrected chi connectivity index (χ0v) is 18.4. The molecular formula is C22H28N4O3S. The molecule has 1 heterocycles. The van der Waals surface area contributed by atoms with Crippen molar-refractivity contribution in [3.63, 3.8) is 0 Å². The van der Waals surface area contributed by atoms with Gasteiger partial charge in [-0.15, -0.1) is 0 Å². The third-order valence-electron chi connectivity index (χ3n) is 5.16. The van der Waals surface area contributed by atoms with Crippen LogP contribution in [-0.4, -0.2) is 47.8 Å². The van der Waals surface area contributed by atoms with Crippen molar-refractivity contribution < 1.29 is 13.2 Å². The first-order valence-electron chi connectivity index (χ1n) is 10.2. The SMILES string of the molecule is CCN(CC)S(=O)(=O)c1cc(C(=O)NCCCn2cnc3ccccc32)ccc1C.